The third kappa shape index (κ3) is 4.23. The number of para-hydroxylation sites is 1. The molecule has 1 atom stereocenters. The Hall–Kier alpha value is -1.03. The molecule has 1 N–H and O–H groups in total. The first-order chi connectivity index (χ1) is 7.63. The zero-order valence-electron chi connectivity index (χ0n) is 9.15. The topological polar surface area (TPSA) is 46.5 Å². The van der Waals surface area contributed by atoms with Crippen molar-refractivity contribution in [2.75, 3.05) is 0 Å². The molecule has 0 heterocycles. The Morgan fingerprint density at radius 2 is 2.19 bits per heavy atom. The molecule has 0 aromatic heterocycles. The summed E-state index contributed by atoms with van der Waals surface area (Å²) in [5.41, 5.74) is 0. The molecule has 1 aromatic rings. The number of rotatable bonds is 6. The summed E-state index contributed by atoms with van der Waals surface area (Å²) in [5.74, 6) is -0.0195. The van der Waals surface area contributed by atoms with E-state index in [9.17, 15) is 4.79 Å². The predicted octanol–water partition coefficient (Wildman–Crippen LogP) is 3.47. The number of carbonyl (C=O) groups is 1. The predicted molar refractivity (Wildman–Crippen MR) is 65.7 cm³/mol. The van der Waals surface area contributed by atoms with E-state index in [2.05, 4.69) is 15.9 Å². The Morgan fingerprint density at radius 3 is 2.75 bits per heavy atom. The van der Waals surface area contributed by atoms with Gasteiger partial charge in [-0.25, -0.2) is 0 Å². The van der Waals surface area contributed by atoms with Crippen LogP contribution in [0.25, 0.3) is 0 Å². The number of benzene rings is 1. The summed E-state index contributed by atoms with van der Waals surface area (Å²) in [6.07, 6.45) is 1.43. The van der Waals surface area contributed by atoms with Gasteiger partial charge in [0.15, 0.2) is 0 Å². The molecule has 0 saturated carbocycles. The molecule has 0 aliphatic carbocycles. The molecular formula is C12H15BrO3. The van der Waals surface area contributed by atoms with Gasteiger partial charge >= 0.3 is 5.97 Å². The lowest BCUT2D eigenvalue weighted by Crippen LogP contribution is -2.17. The second-order valence-corrected chi connectivity index (χ2v) is 4.37. The summed E-state index contributed by atoms with van der Waals surface area (Å²) >= 11 is 3.39. The summed E-state index contributed by atoms with van der Waals surface area (Å²) in [6.45, 7) is 1.99. The highest BCUT2D eigenvalue weighted by Crippen LogP contribution is 2.26. The van der Waals surface area contributed by atoms with E-state index in [1.807, 2.05) is 31.2 Å². The van der Waals surface area contributed by atoms with Gasteiger partial charge in [0.2, 0.25) is 0 Å². The molecule has 0 aliphatic heterocycles. The van der Waals surface area contributed by atoms with Crippen molar-refractivity contribution in [2.24, 2.45) is 0 Å². The summed E-state index contributed by atoms with van der Waals surface area (Å²) in [5, 5.41) is 8.61. The minimum Gasteiger partial charge on any atom is -0.489 e. The highest BCUT2D eigenvalue weighted by atomic mass is 79.9. The minimum absolute atomic E-state index is 0.0465. The Bertz CT molecular complexity index is 352. The van der Waals surface area contributed by atoms with Crippen LogP contribution in [0.1, 0.15) is 26.2 Å². The lowest BCUT2D eigenvalue weighted by molar-refractivity contribution is -0.137. The molecular weight excluding hydrogens is 272 g/mol. The minimum atomic E-state index is -0.783. The lowest BCUT2D eigenvalue weighted by atomic mass is 10.1. The maximum Gasteiger partial charge on any atom is 0.303 e. The number of carboxylic acid groups (broad SMARTS) is 1. The van der Waals surface area contributed by atoms with Gasteiger partial charge < -0.3 is 9.84 Å². The molecule has 0 fully saturated rings. The van der Waals surface area contributed by atoms with Crippen molar-refractivity contribution < 1.29 is 14.6 Å². The molecule has 0 bridgehead atoms. The molecule has 1 aromatic carbocycles. The van der Waals surface area contributed by atoms with Crippen LogP contribution < -0.4 is 4.74 Å². The van der Waals surface area contributed by atoms with Crippen LogP contribution in [-0.4, -0.2) is 17.2 Å². The van der Waals surface area contributed by atoms with E-state index in [4.69, 9.17) is 9.84 Å². The molecule has 0 radical (unpaired) electrons. The lowest BCUT2D eigenvalue weighted by Gasteiger charge is -2.17. The van der Waals surface area contributed by atoms with Gasteiger partial charge in [0.1, 0.15) is 5.75 Å². The van der Waals surface area contributed by atoms with Crippen LogP contribution in [-0.2, 0) is 4.79 Å². The van der Waals surface area contributed by atoms with Gasteiger partial charge in [-0.1, -0.05) is 19.1 Å². The molecule has 88 valence electrons. The fourth-order valence-corrected chi connectivity index (χ4v) is 1.73. The smallest absolute Gasteiger partial charge is 0.303 e. The molecule has 0 spiro atoms. The fraction of sp³-hybridized carbons (Fsp3) is 0.417. The molecule has 1 rings (SSSR count). The van der Waals surface area contributed by atoms with E-state index in [1.54, 1.807) is 0 Å². The quantitative estimate of drug-likeness (QED) is 0.871. The summed E-state index contributed by atoms with van der Waals surface area (Å²) in [6, 6.07) is 7.58. The van der Waals surface area contributed by atoms with Gasteiger partial charge in [0.25, 0.3) is 0 Å². The summed E-state index contributed by atoms with van der Waals surface area (Å²) < 4.78 is 6.63. The van der Waals surface area contributed by atoms with E-state index in [-0.39, 0.29) is 12.5 Å². The van der Waals surface area contributed by atoms with Gasteiger partial charge in [-0.05, 0) is 40.9 Å². The zero-order chi connectivity index (χ0) is 12.0. The summed E-state index contributed by atoms with van der Waals surface area (Å²) in [4.78, 5) is 10.5. The van der Waals surface area contributed by atoms with Crippen molar-refractivity contribution in [3.8, 4) is 5.75 Å². The van der Waals surface area contributed by atoms with Crippen LogP contribution in [0, 0.1) is 0 Å². The Morgan fingerprint density at radius 1 is 1.50 bits per heavy atom. The third-order valence-electron chi connectivity index (χ3n) is 2.27. The van der Waals surface area contributed by atoms with Crippen molar-refractivity contribution in [3.63, 3.8) is 0 Å². The van der Waals surface area contributed by atoms with Crippen LogP contribution in [0.3, 0.4) is 0 Å². The number of aliphatic carboxylic acids is 1. The van der Waals surface area contributed by atoms with E-state index >= 15 is 0 Å². The molecule has 4 heteroatoms. The highest BCUT2D eigenvalue weighted by Gasteiger charge is 2.11. The van der Waals surface area contributed by atoms with E-state index in [0.29, 0.717) is 6.42 Å². The first-order valence-electron chi connectivity index (χ1n) is 5.26. The number of carboxylic acids is 1. The molecule has 1 unspecified atom stereocenters. The summed E-state index contributed by atoms with van der Waals surface area (Å²) in [7, 11) is 0. The standard InChI is InChI=1S/C12H15BrO3/c1-2-9(7-8-12(14)15)16-11-6-4-3-5-10(11)13/h3-6,9H,2,7-8H2,1H3,(H,14,15). The van der Waals surface area contributed by atoms with Crippen molar-refractivity contribution in [2.45, 2.75) is 32.3 Å². The third-order valence-corrected chi connectivity index (χ3v) is 2.92. The maximum absolute atomic E-state index is 10.5. The fourth-order valence-electron chi connectivity index (χ4n) is 1.35. The first kappa shape index (κ1) is 13.0. The monoisotopic (exact) mass is 286 g/mol. The van der Waals surface area contributed by atoms with Crippen LogP contribution in [0.2, 0.25) is 0 Å². The normalized spacial score (nSPS) is 12.1. The Labute approximate surface area is 104 Å². The van der Waals surface area contributed by atoms with Gasteiger partial charge in [0.05, 0.1) is 10.6 Å². The van der Waals surface area contributed by atoms with Crippen LogP contribution in [0.5, 0.6) is 5.75 Å². The second kappa shape index (κ2) is 6.53. The first-order valence-corrected chi connectivity index (χ1v) is 6.05. The molecule has 3 nitrogen and oxygen atoms in total. The van der Waals surface area contributed by atoms with Crippen LogP contribution in [0.4, 0.5) is 0 Å². The van der Waals surface area contributed by atoms with E-state index in [0.717, 1.165) is 16.6 Å². The average Bonchev–Trinajstić information content (AvgIpc) is 2.26. The van der Waals surface area contributed by atoms with Crippen molar-refractivity contribution in [3.05, 3.63) is 28.7 Å². The molecule has 16 heavy (non-hydrogen) atoms. The van der Waals surface area contributed by atoms with Crippen LogP contribution in [0.15, 0.2) is 28.7 Å². The van der Waals surface area contributed by atoms with Crippen molar-refractivity contribution >= 4 is 21.9 Å². The van der Waals surface area contributed by atoms with Gasteiger partial charge in [-0.15, -0.1) is 0 Å². The van der Waals surface area contributed by atoms with Gasteiger partial charge in [-0.2, -0.15) is 0 Å². The Kier molecular flexibility index (Phi) is 5.32. The second-order valence-electron chi connectivity index (χ2n) is 3.51. The van der Waals surface area contributed by atoms with Crippen molar-refractivity contribution in [1.82, 2.24) is 0 Å². The number of hydrogen-bond donors (Lipinski definition) is 1. The molecule has 0 amide bonds. The van der Waals surface area contributed by atoms with Gasteiger partial charge in [-0.3, -0.25) is 4.79 Å². The maximum atomic E-state index is 10.5. The molecule has 0 saturated heterocycles. The van der Waals surface area contributed by atoms with Gasteiger partial charge in [0, 0.05) is 6.42 Å². The SMILES string of the molecule is CCC(CCC(=O)O)Oc1ccccc1Br. The number of hydrogen-bond acceptors (Lipinski definition) is 2. The largest absolute Gasteiger partial charge is 0.489 e. The van der Waals surface area contributed by atoms with Crippen LogP contribution >= 0.6 is 15.9 Å². The zero-order valence-corrected chi connectivity index (χ0v) is 10.7. The number of ether oxygens (including phenoxy) is 1. The van der Waals surface area contributed by atoms with Crippen molar-refractivity contribution in [1.29, 1.82) is 0 Å². The molecule has 0 aliphatic rings. The highest BCUT2D eigenvalue weighted by molar-refractivity contribution is 9.10. The average molecular weight is 287 g/mol. The number of halogens is 1. The Balaban J connectivity index is 2.56. The van der Waals surface area contributed by atoms with E-state index in [1.165, 1.54) is 0 Å². The van der Waals surface area contributed by atoms with E-state index < -0.39 is 5.97 Å².